The van der Waals surface area contributed by atoms with Crippen molar-refractivity contribution in [3.8, 4) is 0 Å². The molecule has 31 heavy (non-hydrogen) atoms. The maximum absolute atomic E-state index is 11.1. The summed E-state index contributed by atoms with van der Waals surface area (Å²) >= 11 is 0. The molecule has 0 aliphatic heterocycles. The minimum Gasteiger partial charge on any atom is -0.478 e. The number of carbonyl (C=O) groups is 1. The summed E-state index contributed by atoms with van der Waals surface area (Å²) in [4.78, 5) is 15.2. The van der Waals surface area contributed by atoms with Crippen LogP contribution < -0.4 is 0 Å². The lowest BCUT2D eigenvalue weighted by atomic mass is 9.62. The molecule has 0 bridgehead atoms. The minimum atomic E-state index is -0.912. The second kappa shape index (κ2) is 7.80. The Hall–Kier alpha value is -3.21. The Labute approximate surface area is 183 Å². The average Bonchev–Trinajstić information content (AvgIpc) is 3.23. The van der Waals surface area contributed by atoms with Crippen LogP contribution in [0.5, 0.6) is 0 Å². The van der Waals surface area contributed by atoms with Gasteiger partial charge in [0.05, 0.1) is 12.1 Å². The fourth-order valence-electron chi connectivity index (χ4n) is 4.38. The Kier molecular flexibility index (Phi) is 5.29. The second-order valence-electron chi connectivity index (χ2n) is 9.72. The van der Waals surface area contributed by atoms with Crippen LogP contribution in [0.25, 0.3) is 12.2 Å². The number of hydrogen-bond acceptors (Lipinski definition) is 3. The van der Waals surface area contributed by atoms with Crippen molar-refractivity contribution in [3.05, 3.63) is 82.4 Å². The molecule has 1 aromatic heterocycles. The van der Waals surface area contributed by atoms with E-state index in [2.05, 4.69) is 56.0 Å². The summed E-state index contributed by atoms with van der Waals surface area (Å²) in [5, 5.41) is 13.4. The number of nitrogens with zero attached hydrogens (tertiary/aromatic N) is 3. The minimum absolute atomic E-state index is 0.127. The fraction of sp³-hybridized carbons (Fsp3) is 0.346. The molecule has 0 radical (unpaired) electrons. The van der Waals surface area contributed by atoms with E-state index in [4.69, 9.17) is 5.11 Å². The number of aromatic carboxylic acids is 1. The van der Waals surface area contributed by atoms with Crippen molar-refractivity contribution >= 4 is 18.1 Å². The van der Waals surface area contributed by atoms with Crippen molar-refractivity contribution < 1.29 is 9.90 Å². The molecule has 2 aromatic carbocycles. The molecule has 0 fully saturated rings. The van der Waals surface area contributed by atoms with Gasteiger partial charge in [0.2, 0.25) is 0 Å². The van der Waals surface area contributed by atoms with E-state index in [1.165, 1.54) is 23.1 Å². The maximum Gasteiger partial charge on any atom is 0.335 e. The van der Waals surface area contributed by atoms with Crippen LogP contribution in [0.3, 0.4) is 0 Å². The van der Waals surface area contributed by atoms with Crippen LogP contribution >= 0.6 is 0 Å². The molecule has 0 unspecified atom stereocenters. The van der Waals surface area contributed by atoms with Gasteiger partial charge in [0.15, 0.2) is 0 Å². The van der Waals surface area contributed by atoms with Gasteiger partial charge in [-0.1, -0.05) is 64.1 Å². The van der Waals surface area contributed by atoms with E-state index < -0.39 is 5.97 Å². The number of carboxylic acid groups (broad SMARTS) is 1. The quantitative estimate of drug-likeness (QED) is 0.555. The van der Waals surface area contributed by atoms with Gasteiger partial charge in [-0.15, -0.1) is 0 Å². The Morgan fingerprint density at radius 1 is 1.03 bits per heavy atom. The third kappa shape index (κ3) is 4.31. The van der Waals surface area contributed by atoms with Crippen LogP contribution in [0.15, 0.2) is 49.1 Å². The third-order valence-electron chi connectivity index (χ3n) is 6.52. The Morgan fingerprint density at radius 3 is 2.26 bits per heavy atom. The SMILES string of the molecule is CC1(C)CCC(C)(C)c2cc(Cn3cncn3)c(/C=C/c3ccc(C(=O)O)cc3)cc21. The third-order valence-corrected chi connectivity index (χ3v) is 6.52. The molecule has 1 heterocycles. The van der Waals surface area contributed by atoms with E-state index in [1.807, 2.05) is 22.9 Å². The van der Waals surface area contributed by atoms with Crippen molar-refractivity contribution in [1.29, 1.82) is 0 Å². The largest absolute Gasteiger partial charge is 0.478 e. The number of fused-ring (bicyclic) bond motifs is 1. The molecule has 1 N–H and O–H groups in total. The van der Waals surface area contributed by atoms with Crippen molar-refractivity contribution in [2.45, 2.75) is 57.9 Å². The lowest BCUT2D eigenvalue weighted by Crippen LogP contribution is -2.34. The summed E-state index contributed by atoms with van der Waals surface area (Å²) in [6.45, 7) is 9.98. The molecule has 160 valence electrons. The molecule has 0 saturated carbocycles. The van der Waals surface area contributed by atoms with E-state index in [-0.39, 0.29) is 10.8 Å². The van der Waals surface area contributed by atoms with E-state index >= 15 is 0 Å². The van der Waals surface area contributed by atoms with Crippen molar-refractivity contribution in [1.82, 2.24) is 14.8 Å². The van der Waals surface area contributed by atoms with Crippen LogP contribution in [0.4, 0.5) is 0 Å². The first-order chi connectivity index (χ1) is 14.7. The van der Waals surface area contributed by atoms with Gasteiger partial charge in [-0.3, -0.25) is 0 Å². The predicted octanol–water partition coefficient (Wildman–Crippen LogP) is 5.54. The Balaban J connectivity index is 1.78. The molecule has 4 rings (SSSR count). The molecule has 1 aliphatic carbocycles. The first-order valence-corrected chi connectivity index (χ1v) is 10.7. The summed E-state index contributed by atoms with van der Waals surface area (Å²) in [6, 6.07) is 11.6. The Morgan fingerprint density at radius 2 is 1.68 bits per heavy atom. The summed E-state index contributed by atoms with van der Waals surface area (Å²) in [6.07, 6.45) is 9.80. The summed E-state index contributed by atoms with van der Waals surface area (Å²) in [5.41, 5.74) is 6.71. The normalized spacial score (nSPS) is 16.9. The first kappa shape index (κ1) is 21.0. The van der Waals surface area contributed by atoms with E-state index in [0.717, 1.165) is 17.5 Å². The first-order valence-electron chi connectivity index (χ1n) is 10.7. The van der Waals surface area contributed by atoms with E-state index in [1.54, 1.807) is 24.8 Å². The second-order valence-corrected chi connectivity index (χ2v) is 9.72. The molecular formula is C26H29N3O2. The summed E-state index contributed by atoms with van der Waals surface area (Å²) in [7, 11) is 0. The monoisotopic (exact) mass is 415 g/mol. The molecule has 5 heteroatoms. The standard InChI is InChI=1S/C26H29N3O2/c1-25(2)11-12-26(3,4)23-14-21(15-29-17-27-16-28-29)20(13-22(23)25)10-7-18-5-8-19(9-6-18)24(30)31/h5-10,13-14,16-17H,11-12,15H2,1-4H3,(H,30,31)/b10-7+. The number of rotatable bonds is 5. The maximum atomic E-state index is 11.1. The van der Waals surface area contributed by atoms with Gasteiger partial charge in [0, 0.05) is 0 Å². The zero-order valence-corrected chi connectivity index (χ0v) is 18.6. The van der Waals surface area contributed by atoms with Crippen molar-refractivity contribution in [2.24, 2.45) is 0 Å². The zero-order chi connectivity index (χ0) is 22.2. The van der Waals surface area contributed by atoms with Gasteiger partial charge in [-0.2, -0.15) is 5.10 Å². The molecule has 5 nitrogen and oxygen atoms in total. The van der Waals surface area contributed by atoms with E-state index in [9.17, 15) is 4.79 Å². The molecule has 0 saturated heterocycles. The zero-order valence-electron chi connectivity index (χ0n) is 18.6. The average molecular weight is 416 g/mol. The van der Waals surface area contributed by atoms with Gasteiger partial charge in [0.25, 0.3) is 0 Å². The van der Waals surface area contributed by atoms with Crippen LogP contribution in [0.2, 0.25) is 0 Å². The van der Waals surface area contributed by atoms with Gasteiger partial charge >= 0.3 is 5.97 Å². The fourth-order valence-corrected chi connectivity index (χ4v) is 4.38. The predicted molar refractivity (Wildman–Crippen MR) is 123 cm³/mol. The smallest absolute Gasteiger partial charge is 0.335 e. The molecule has 0 amide bonds. The van der Waals surface area contributed by atoms with Gasteiger partial charge in [-0.25, -0.2) is 14.5 Å². The van der Waals surface area contributed by atoms with Crippen molar-refractivity contribution in [3.63, 3.8) is 0 Å². The highest BCUT2D eigenvalue weighted by Crippen LogP contribution is 2.46. The van der Waals surface area contributed by atoms with Crippen molar-refractivity contribution in [2.75, 3.05) is 0 Å². The van der Waals surface area contributed by atoms with Crippen LogP contribution in [-0.2, 0) is 17.4 Å². The highest BCUT2D eigenvalue weighted by Gasteiger charge is 2.37. The number of hydrogen-bond donors (Lipinski definition) is 1. The lowest BCUT2D eigenvalue weighted by molar-refractivity contribution is 0.0697. The van der Waals surface area contributed by atoms with Crippen LogP contribution in [0, 0.1) is 0 Å². The summed E-state index contributed by atoms with van der Waals surface area (Å²) < 4.78 is 1.85. The lowest BCUT2D eigenvalue weighted by Gasteiger charge is -2.42. The van der Waals surface area contributed by atoms with Gasteiger partial charge in [-0.05, 0) is 63.6 Å². The topological polar surface area (TPSA) is 68.0 Å². The number of carboxylic acids is 1. The Bertz CT molecular complexity index is 1120. The molecule has 1 aliphatic rings. The molecule has 0 atom stereocenters. The molecule has 0 spiro atoms. The van der Waals surface area contributed by atoms with Gasteiger partial charge < -0.3 is 5.11 Å². The summed E-state index contributed by atoms with van der Waals surface area (Å²) in [5.74, 6) is -0.912. The van der Waals surface area contributed by atoms with Gasteiger partial charge in [0.1, 0.15) is 12.7 Å². The number of benzene rings is 2. The highest BCUT2D eigenvalue weighted by atomic mass is 16.4. The van der Waals surface area contributed by atoms with E-state index in [0.29, 0.717) is 12.1 Å². The van der Waals surface area contributed by atoms with Crippen LogP contribution in [0.1, 0.15) is 78.7 Å². The highest BCUT2D eigenvalue weighted by molar-refractivity contribution is 5.88. The molecule has 3 aromatic rings. The number of aromatic nitrogens is 3. The van der Waals surface area contributed by atoms with Crippen LogP contribution in [-0.4, -0.2) is 25.8 Å². The molecular weight excluding hydrogens is 386 g/mol.